The number of amides is 4. The van der Waals surface area contributed by atoms with Gasteiger partial charge in [-0.05, 0) is 113 Å². The summed E-state index contributed by atoms with van der Waals surface area (Å²) in [6.45, 7) is 5.88. The van der Waals surface area contributed by atoms with Crippen LogP contribution in [0.15, 0.2) is 51.4 Å². The van der Waals surface area contributed by atoms with Gasteiger partial charge in [-0.1, -0.05) is 24.3 Å². The molecule has 4 aliphatic rings. The van der Waals surface area contributed by atoms with E-state index in [4.69, 9.17) is 0 Å². The summed E-state index contributed by atoms with van der Waals surface area (Å²) >= 11 is 7.15. The largest absolute Gasteiger partial charge is 0.465 e. The van der Waals surface area contributed by atoms with E-state index in [0.717, 1.165) is 64.8 Å². The number of nitrogens with one attached hydrogen (secondary N) is 1. The molecule has 12 heteroatoms. The Balaban J connectivity index is 1.24. The van der Waals surface area contributed by atoms with Gasteiger partial charge in [0.25, 0.3) is 0 Å². The zero-order valence-corrected chi connectivity index (χ0v) is 28.9. The van der Waals surface area contributed by atoms with Crippen LogP contribution in [-0.2, 0) is 17.8 Å². The molecular weight excluding hydrogens is 704 g/mol. The Hall–Kier alpha value is -2.67. The molecule has 2 aromatic rings. The van der Waals surface area contributed by atoms with Crippen molar-refractivity contribution in [3.8, 4) is 0 Å². The zero-order chi connectivity index (χ0) is 31.7. The van der Waals surface area contributed by atoms with Crippen LogP contribution >= 0.6 is 31.9 Å². The van der Waals surface area contributed by atoms with Crippen molar-refractivity contribution < 1.29 is 19.5 Å². The molecule has 0 saturated carbocycles. The number of carbonyl (C=O) groups excluding carboxylic acids is 2. The second kappa shape index (κ2) is 14.0. The van der Waals surface area contributed by atoms with E-state index in [1.807, 2.05) is 52.3 Å². The first-order chi connectivity index (χ1) is 21.7. The number of carbonyl (C=O) groups is 3. The minimum atomic E-state index is -1.02. The highest BCUT2D eigenvalue weighted by molar-refractivity contribution is 9.13. The lowest BCUT2D eigenvalue weighted by Crippen LogP contribution is -2.60. The fraction of sp³-hybridized carbons (Fsp3) is 0.545. The van der Waals surface area contributed by atoms with Crippen LogP contribution < -0.4 is 5.32 Å². The SMILES string of the molecule is CN1CCC(N2CCN(C(=O)C(Cc3ccc(Br)c(Br)c3)[C@H]3CC(N4Cc5ccccc5NC4=O)CCN3C(=O)O)CC2)CC1. The smallest absolute Gasteiger partial charge is 0.407 e. The van der Waals surface area contributed by atoms with E-state index in [9.17, 15) is 19.5 Å². The molecule has 4 aliphatic heterocycles. The highest BCUT2D eigenvalue weighted by Crippen LogP contribution is 2.35. The van der Waals surface area contributed by atoms with Crippen molar-refractivity contribution in [3.63, 3.8) is 0 Å². The summed E-state index contributed by atoms with van der Waals surface area (Å²) in [5.74, 6) is -0.575. The average Bonchev–Trinajstić information content (AvgIpc) is 3.05. The Bertz CT molecular complexity index is 1410. The summed E-state index contributed by atoms with van der Waals surface area (Å²) in [4.78, 5) is 50.6. The van der Waals surface area contributed by atoms with E-state index in [0.29, 0.717) is 44.9 Å². The summed E-state index contributed by atoms with van der Waals surface area (Å²) in [5, 5.41) is 13.4. The van der Waals surface area contributed by atoms with Crippen LogP contribution in [0.1, 0.15) is 36.8 Å². The predicted octanol–water partition coefficient (Wildman–Crippen LogP) is 5.17. The maximum atomic E-state index is 14.5. The average molecular weight is 747 g/mol. The number of piperidine rings is 2. The minimum absolute atomic E-state index is 0.00223. The lowest BCUT2D eigenvalue weighted by atomic mass is 9.82. The highest BCUT2D eigenvalue weighted by atomic mass is 79.9. The summed E-state index contributed by atoms with van der Waals surface area (Å²) in [5.41, 5.74) is 2.81. The quantitative estimate of drug-likeness (QED) is 0.424. The Morgan fingerprint density at radius 2 is 1.64 bits per heavy atom. The molecule has 4 amide bonds. The van der Waals surface area contributed by atoms with Crippen molar-refractivity contribution >= 4 is 55.6 Å². The van der Waals surface area contributed by atoms with E-state index in [1.165, 1.54) is 4.90 Å². The summed E-state index contributed by atoms with van der Waals surface area (Å²) < 4.78 is 1.80. The molecule has 242 valence electrons. The van der Waals surface area contributed by atoms with Crippen LogP contribution in [0.4, 0.5) is 15.3 Å². The number of hydrogen-bond acceptors (Lipinski definition) is 5. The van der Waals surface area contributed by atoms with Crippen molar-refractivity contribution in [3.05, 3.63) is 62.5 Å². The number of halogens is 2. The molecule has 3 saturated heterocycles. The Morgan fingerprint density at radius 1 is 0.933 bits per heavy atom. The number of anilines is 1. The molecule has 0 radical (unpaired) electrons. The van der Waals surface area contributed by atoms with Crippen LogP contribution in [0.3, 0.4) is 0 Å². The zero-order valence-electron chi connectivity index (χ0n) is 25.7. The van der Waals surface area contributed by atoms with Gasteiger partial charge in [0.2, 0.25) is 5.91 Å². The Kier molecular flexibility index (Phi) is 10.0. The van der Waals surface area contributed by atoms with Crippen LogP contribution in [0, 0.1) is 5.92 Å². The molecule has 4 heterocycles. The number of likely N-dealkylation sites (tertiary alicyclic amines) is 2. The van der Waals surface area contributed by atoms with E-state index in [-0.39, 0.29) is 24.5 Å². The normalized spacial score (nSPS) is 24.2. The maximum absolute atomic E-state index is 14.5. The fourth-order valence-corrected chi connectivity index (χ4v) is 8.28. The number of piperazine rings is 1. The van der Waals surface area contributed by atoms with Crippen molar-refractivity contribution in [1.82, 2.24) is 24.5 Å². The van der Waals surface area contributed by atoms with Gasteiger partial charge in [0.1, 0.15) is 0 Å². The van der Waals surface area contributed by atoms with Crippen LogP contribution in [0.5, 0.6) is 0 Å². The summed E-state index contributed by atoms with van der Waals surface area (Å²) in [6.07, 6.45) is 2.63. The number of carboxylic acid groups (broad SMARTS) is 1. The third kappa shape index (κ3) is 7.18. The van der Waals surface area contributed by atoms with Gasteiger partial charge in [-0.25, -0.2) is 9.59 Å². The third-order valence-corrected chi connectivity index (χ3v) is 12.1. The van der Waals surface area contributed by atoms with Crippen LogP contribution in [0.25, 0.3) is 0 Å². The van der Waals surface area contributed by atoms with E-state index in [2.05, 4.69) is 54.0 Å². The molecule has 0 bridgehead atoms. The second-order valence-electron chi connectivity index (χ2n) is 12.9. The first-order valence-corrected chi connectivity index (χ1v) is 17.6. The first kappa shape index (κ1) is 32.3. The van der Waals surface area contributed by atoms with E-state index < -0.39 is 18.1 Å². The second-order valence-corrected chi connectivity index (χ2v) is 14.6. The van der Waals surface area contributed by atoms with Crippen molar-refractivity contribution in [1.29, 1.82) is 0 Å². The molecule has 0 aliphatic carbocycles. The molecule has 2 aromatic carbocycles. The van der Waals surface area contributed by atoms with Gasteiger partial charge in [-0.2, -0.15) is 0 Å². The number of benzene rings is 2. The monoisotopic (exact) mass is 744 g/mol. The lowest BCUT2D eigenvalue weighted by molar-refractivity contribution is -0.140. The number of urea groups is 1. The third-order valence-electron chi connectivity index (χ3n) is 10.2. The summed E-state index contributed by atoms with van der Waals surface area (Å²) in [6, 6.07) is 13.4. The first-order valence-electron chi connectivity index (χ1n) is 16.0. The number of rotatable bonds is 6. The minimum Gasteiger partial charge on any atom is -0.465 e. The Morgan fingerprint density at radius 3 is 2.36 bits per heavy atom. The van der Waals surface area contributed by atoms with E-state index >= 15 is 0 Å². The highest BCUT2D eigenvalue weighted by Gasteiger charge is 2.44. The molecular formula is C33H42Br2N6O4. The topological polar surface area (TPSA) is 99.7 Å². The lowest BCUT2D eigenvalue weighted by Gasteiger charge is -2.47. The fourth-order valence-electron chi connectivity index (χ4n) is 7.61. The molecule has 2 N–H and O–H groups in total. The molecule has 6 rings (SSSR count). The molecule has 3 fully saturated rings. The number of nitrogens with zero attached hydrogens (tertiary/aromatic N) is 5. The van der Waals surface area contributed by atoms with Gasteiger partial charge >= 0.3 is 12.1 Å². The van der Waals surface area contributed by atoms with Gasteiger partial charge in [-0.15, -0.1) is 0 Å². The Labute approximate surface area is 281 Å². The number of hydrogen-bond donors (Lipinski definition) is 2. The van der Waals surface area contributed by atoms with Gasteiger partial charge < -0.3 is 30.0 Å². The van der Waals surface area contributed by atoms with Crippen molar-refractivity contribution in [2.45, 2.75) is 56.8 Å². The molecule has 2 unspecified atom stereocenters. The van der Waals surface area contributed by atoms with Crippen molar-refractivity contribution in [2.24, 2.45) is 5.92 Å². The molecule has 3 atom stereocenters. The standard InChI is InChI=1S/C33H42Br2N6O4/c1-37-11-8-24(9-12-37)38-14-16-39(17-15-38)31(42)26(18-22-6-7-27(34)28(35)19-22)30-20-25(10-13-40(30)33(44)45)41-21-23-4-2-3-5-29(23)36-32(41)43/h2-7,19,24-26,30H,8-18,20-21H2,1H3,(H,36,43)(H,44,45)/t25?,26?,30-/m1/s1. The number of para-hydroxylation sites is 1. The molecule has 45 heavy (non-hydrogen) atoms. The molecule has 0 aromatic heterocycles. The van der Waals surface area contributed by atoms with E-state index in [1.54, 1.807) is 0 Å². The predicted molar refractivity (Wildman–Crippen MR) is 180 cm³/mol. The van der Waals surface area contributed by atoms with Crippen LogP contribution in [-0.4, -0.2) is 119 Å². The molecule has 0 spiro atoms. The number of fused-ring (bicyclic) bond motifs is 1. The maximum Gasteiger partial charge on any atom is 0.407 e. The molecule has 10 nitrogen and oxygen atoms in total. The summed E-state index contributed by atoms with van der Waals surface area (Å²) in [7, 11) is 2.17. The van der Waals surface area contributed by atoms with Crippen molar-refractivity contribution in [2.75, 3.05) is 58.2 Å². The van der Waals surface area contributed by atoms with Gasteiger partial charge in [-0.3, -0.25) is 9.69 Å². The van der Waals surface area contributed by atoms with Gasteiger partial charge in [0.05, 0.1) is 5.92 Å². The van der Waals surface area contributed by atoms with Gasteiger partial charge in [0.15, 0.2) is 0 Å². The van der Waals surface area contributed by atoms with Crippen LogP contribution in [0.2, 0.25) is 0 Å². The van der Waals surface area contributed by atoms with Gasteiger partial charge in [0, 0.05) is 72.0 Å².